The molecule has 0 atom stereocenters. The van der Waals surface area contributed by atoms with Gasteiger partial charge in [0.15, 0.2) is 0 Å². The first-order valence-corrected chi connectivity index (χ1v) is 24.8. The summed E-state index contributed by atoms with van der Waals surface area (Å²) in [6, 6.07) is 47.8. The average molecular weight is 792 g/mol. The molecule has 2 aliphatic rings. The highest BCUT2D eigenvalue weighted by Gasteiger charge is 2.44. The molecule has 0 fully saturated rings. The van der Waals surface area contributed by atoms with Crippen molar-refractivity contribution in [2.45, 2.75) is 98.2 Å². The van der Waals surface area contributed by atoms with Gasteiger partial charge >= 0.3 is 0 Å². The minimum atomic E-state index is -1.62. The maximum atomic E-state index is 7.23. The second kappa shape index (κ2) is 13.5. The fraction of sp³-hybridized carbons (Fsp3) is 0.283. The van der Waals surface area contributed by atoms with Crippen molar-refractivity contribution in [2.75, 3.05) is 9.80 Å². The molecule has 5 aromatic carbocycles. The van der Waals surface area contributed by atoms with Crippen molar-refractivity contribution in [3.63, 3.8) is 0 Å². The fourth-order valence-corrected chi connectivity index (χ4v) is 9.98. The Morgan fingerprint density at radius 2 is 1.12 bits per heavy atom. The number of anilines is 6. The highest BCUT2D eigenvalue weighted by molar-refractivity contribution is 6.99. The van der Waals surface area contributed by atoms with Gasteiger partial charge in [-0.2, -0.15) is 0 Å². The van der Waals surface area contributed by atoms with Gasteiger partial charge in [0.25, 0.3) is 6.71 Å². The minimum Gasteiger partial charge on any atom is -0.458 e. The van der Waals surface area contributed by atoms with Gasteiger partial charge in [0, 0.05) is 46.2 Å². The summed E-state index contributed by atoms with van der Waals surface area (Å²) in [6.45, 7) is 27.8. The molecule has 298 valence electrons. The second-order valence-corrected chi connectivity index (χ2v) is 26.0. The largest absolute Gasteiger partial charge is 0.458 e. The molecule has 0 amide bonds. The Labute approximate surface area is 353 Å². The monoisotopic (exact) mass is 791 g/mol. The first-order valence-electron chi connectivity index (χ1n) is 21.3. The molecule has 0 unspecified atom stereocenters. The van der Waals surface area contributed by atoms with E-state index in [4.69, 9.17) is 4.74 Å². The van der Waals surface area contributed by atoms with Crippen LogP contribution in [0.25, 0.3) is 5.52 Å². The van der Waals surface area contributed by atoms with Crippen molar-refractivity contribution >= 4 is 76.1 Å². The summed E-state index contributed by atoms with van der Waals surface area (Å²) in [7, 11) is -1.62. The lowest BCUT2D eigenvalue weighted by molar-refractivity contribution is 0.483. The number of nitrogens with zero attached hydrogens (tertiary/aromatic N) is 3. The number of aromatic nitrogens is 1. The predicted molar refractivity (Wildman–Crippen MR) is 257 cm³/mol. The van der Waals surface area contributed by atoms with Crippen LogP contribution in [-0.4, -0.2) is 19.2 Å². The van der Waals surface area contributed by atoms with E-state index in [-0.39, 0.29) is 23.0 Å². The van der Waals surface area contributed by atoms with E-state index in [1.807, 2.05) is 0 Å². The van der Waals surface area contributed by atoms with Crippen molar-refractivity contribution in [3.8, 4) is 11.5 Å². The molecule has 59 heavy (non-hydrogen) atoms. The van der Waals surface area contributed by atoms with Crippen LogP contribution < -0.4 is 36.1 Å². The third-order valence-corrected chi connectivity index (χ3v) is 14.5. The average Bonchev–Trinajstić information content (AvgIpc) is 3.56. The molecular weight excluding hydrogens is 734 g/mol. The Hall–Kier alpha value is -5.46. The van der Waals surface area contributed by atoms with Gasteiger partial charge in [0.1, 0.15) is 17.3 Å². The number of fused-ring (bicyclic) bond motifs is 6. The van der Waals surface area contributed by atoms with Crippen molar-refractivity contribution in [1.82, 2.24) is 4.40 Å². The van der Waals surface area contributed by atoms with Crippen LogP contribution in [0.2, 0.25) is 19.6 Å². The van der Waals surface area contributed by atoms with Gasteiger partial charge in [-0.15, -0.1) is 0 Å². The summed E-state index contributed by atoms with van der Waals surface area (Å²) in [4.78, 5) is 4.87. The second-order valence-electron chi connectivity index (χ2n) is 20.9. The molecule has 6 heteroatoms. The van der Waals surface area contributed by atoms with E-state index in [0.717, 1.165) is 34.2 Å². The fourth-order valence-electron chi connectivity index (χ4n) is 8.88. The Bertz CT molecular complexity index is 2670. The quantitative estimate of drug-likeness (QED) is 0.162. The number of para-hydroxylation sites is 1. The zero-order chi connectivity index (χ0) is 41.8. The van der Waals surface area contributed by atoms with Gasteiger partial charge in [0.05, 0.1) is 8.07 Å². The molecule has 0 saturated heterocycles. The van der Waals surface area contributed by atoms with Gasteiger partial charge in [-0.1, -0.05) is 137 Å². The standard InChI is InChI=1S/C53H58BN3OSi/c1-51(2,3)35-18-22-39(23-19-35)56(40-24-20-36(21-25-40)52(4,5)6)42-27-29-44-47(33-42)58-48-31-37(53(7,8)9)30-46-49(48)54(44)45-32-41-26-28-43(59(10,11)12)34-55(41)50(45)57(46)38-16-14-13-15-17-38/h13-34H,1-12H3. The summed E-state index contributed by atoms with van der Waals surface area (Å²) in [6.07, 6.45) is 2.42. The maximum absolute atomic E-state index is 7.23. The van der Waals surface area contributed by atoms with E-state index in [0.29, 0.717) is 0 Å². The van der Waals surface area contributed by atoms with Gasteiger partial charge < -0.3 is 14.0 Å². The van der Waals surface area contributed by atoms with E-state index < -0.39 is 8.07 Å². The molecule has 0 saturated carbocycles. The van der Waals surface area contributed by atoms with Crippen LogP contribution in [0.4, 0.5) is 34.3 Å². The third-order valence-electron chi connectivity index (χ3n) is 12.5. The summed E-state index contributed by atoms with van der Waals surface area (Å²) in [5.41, 5.74) is 14.4. The van der Waals surface area contributed by atoms with E-state index in [2.05, 4.69) is 230 Å². The van der Waals surface area contributed by atoms with E-state index in [1.165, 1.54) is 55.3 Å². The molecule has 7 aromatic rings. The molecule has 2 aromatic heterocycles. The number of rotatable bonds is 5. The highest BCUT2D eigenvalue weighted by Crippen LogP contribution is 2.45. The summed E-state index contributed by atoms with van der Waals surface area (Å²) in [5.74, 6) is 3.04. The van der Waals surface area contributed by atoms with Crippen LogP contribution in [-0.2, 0) is 16.2 Å². The molecule has 0 radical (unpaired) electrons. The van der Waals surface area contributed by atoms with E-state index in [9.17, 15) is 0 Å². The van der Waals surface area contributed by atoms with Gasteiger partial charge in [-0.05, 0) is 121 Å². The lowest BCUT2D eigenvalue weighted by Gasteiger charge is -2.40. The number of benzene rings is 5. The highest BCUT2D eigenvalue weighted by atomic mass is 28.3. The first kappa shape index (κ1) is 39.0. The summed E-state index contributed by atoms with van der Waals surface area (Å²) >= 11 is 0. The van der Waals surface area contributed by atoms with E-state index >= 15 is 0 Å². The lowest BCUT2D eigenvalue weighted by atomic mass is 9.34. The van der Waals surface area contributed by atoms with Gasteiger partial charge in [-0.3, -0.25) is 4.90 Å². The van der Waals surface area contributed by atoms with Crippen molar-refractivity contribution in [1.29, 1.82) is 0 Å². The number of pyridine rings is 1. The van der Waals surface area contributed by atoms with Crippen LogP contribution in [0.15, 0.2) is 134 Å². The van der Waals surface area contributed by atoms with Crippen LogP contribution in [0.1, 0.15) is 79.0 Å². The first-order chi connectivity index (χ1) is 27.8. The lowest BCUT2D eigenvalue weighted by Crippen LogP contribution is -2.59. The van der Waals surface area contributed by atoms with Gasteiger partial charge in [0.2, 0.25) is 0 Å². The summed E-state index contributed by atoms with van der Waals surface area (Å²) in [5, 5.41) is 1.44. The summed E-state index contributed by atoms with van der Waals surface area (Å²) < 4.78 is 9.70. The molecule has 9 rings (SSSR count). The zero-order valence-corrected chi connectivity index (χ0v) is 38.0. The smallest absolute Gasteiger partial charge is 0.258 e. The number of hydrogen-bond acceptors (Lipinski definition) is 3. The number of hydrogen-bond donors (Lipinski definition) is 0. The molecule has 0 aliphatic carbocycles. The molecule has 4 nitrogen and oxygen atoms in total. The molecule has 0 N–H and O–H groups in total. The Balaban J connectivity index is 1.28. The minimum absolute atomic E-state index is 0.0115. The molecule has 2 aliphatic heterocycles. The normalized spacial score (nSPS) is 13.8. The van der Waals surface area contributed by atoms with Crippen molar-refractivity contribution < 1.29 is 4.74 Å². The Kier molecular flexibility index (Phi) is 8.95. The SMILES string of the molecule is CC(C)(C)c1ccc(N(c2ccc(C(C)(C)C)cc2)c2ccc3c(c2)Oc2cc(C(C)(C)C)cc4c2B3c2cc3ccc([Si](C)(C)C)cn3c2N4c2ccccc2)cc1. The number of ether oxygens (including phenoxy) is 1. The van der Waals surface area contributed by atoms with Crippen molar-refractivity contribution in [3.05, 3.63) is 150 Å². The van der Waals surface area contributed by atoms with E-state index in [1.54, 1.807) is 0 Å². The van der Waals surface area contributed by atoms with Crippen LogP contribution in [0, 0.1) is 0 Å². The Morgan fingerprint density at radius 3 is 1.68 bits per heavy atom. The van der Waals surface area contributed by atoms with Crippen LogP contribution in [0.3, 0.4) is 0 Å². The van der Waals surface area contributed by atoms with Gasteiger partial charge in [-0.25, -0.2) is 0 Å². The predicted octanol–water partition coefficient (Wildman–Crippen LogP) is 12.3. The van der Waals surface area contributed by atoms with Crippen LogP contribution in [0.5, 0.6) is 11.5 Å². The molecular formula is C53H58BN3OSi. The third kappa shape index (κ3) is 6.80. The molecule has 0 bridgehead atoms. The molecule has 4 heterocycles. The Morgan fingerprint density at radius 1 is 0.542 bits per heavy atom. The maximum Gasteiger partial charge on any atom is 0.258 e. The topological polar surface area (TPSA) is 20.1 Å². The molecule has 0 spiro atoms. The van der Waals surface area contributed by atoms with Crippen molar-refractivity contribution in [2.24, 2.45) is 0 Å². The zero-order valence-electron chi connectivity index (χ0n) is 37.0. The van der Waals surface area contributed by atoms with Crippen LogP contribution >= 0.6 is 0 Å².